The predicted molar refractivity (Wildman–Crippen MR) is 108 cm³/mol. The number of amides is 1. The zero-order chi connectivity index (χ0) is 21.3. The van der Waals surface area contributed by atoms with Crippen molar-refractivity contribution in [2.75, 3.05) is 5.32 Å². The summed E-state index contributed by atoms with van der Waals surface area (Å²) in [6.45, 7) is 0. The molecule has 9 heteroatoms. The first-order valence-electron chi connectivity index (χ1n) is 8.98. The molecule has 0 spiro atoms. The molecule has 0 aliphatic rings. The van der Waals surface area contributed by atoms with Gasteiger partial charge in [0.25, 0.3) is 0 Å². The second-order valence-corrected chi connectivity index (χ2v) is 6.66. The van der Waals surface area contributed by atoms with Crippen molar-refractivity contribution in [3.8, 4) is 11.5 Å². The van der Waals surface area contributed by atoms with Crippen LogP contribution in [-0.4, -0.2) is 20.4 Å². The number of hydrogen-bond donors (Lipinski definition) is 2. The molecule has 0 fully saturated rings. The molecule has 4 rings (SSSR count). The van der Waals surface area contributed by atoms with Crippen LogP contribution in [0.1, 0.15) is 5.69 Å². The minimum absolute atomic E-state index is 0.0200. The van der Waals surface area contributed by atoms with Gasteiger partial charge in [-0.05, 0) is 30.3 Å². The SMILES string of the molecule is Cn1c(Nc2cc(F)cc(F)c2)nc2cc(Oc3ccnc(CC(N)=O)c3)ccc21. The van der Waals surface area contributed by atoms with E-state index in [-0.39, 0.29) is 12.1 Å². The lowest BCUT2D eigenvalue weighted by molar-refractivity contribution is -0.117. The Morgan fingerprint density at radius 3 is 2.57 bits per heavy atom. The molecule has 0 saturated carbocycles. The highest BCUT2D eigenvalue weighted by Gasteiger charge is 2.11. The maximum Gasteiger partial charge on any atom is 0.223 e. The minimum Gasteiger partial charge on any atom is -0.457 e. The van der Waals surface area contributed by atoms with Crippen LogP contribution < -0.4 is 15.8 Å². The van der Waals surface area contributed by atoms with Crippen LogP contribution in [0.4, 0.5) is 20.4 Å². The highest BCUT2D eigenvalue weighted by Crippen LogP contribution is 2.28. The molecule has 0 aliphatic heterocycles. The van der Waals surface area contributed by atoms with E-state index >= 15 is 0 Å². The summed E-state index contributed by atoms with van der Waals surface area (Å²) in [6, 6.07) is 11.8. The number of primary amides is 1. The van der Waals surface area contributed by atoms with Crippen LogP contribution in [-0.2, 0) is 18.3 Å². The number of fused-ring (bicyclic) bond motifs is 1. The zero-order valence-corrected chi connectivity index (χ0v) is 15.9. The van der Waals surface area contributed by atoms with Crippen LogP contribution in [0, 0.1) is 11.6 Å². The Morgan fingerprint density at radius 1 is 1.10 bits per heavy atom. The van der Waals surface area contributed by atoms with Gasteiger partial charge in [0.2, 0.25) is 11.9 Å². The summed E-state index contributed by atoms with van der Waals surface area (Å²) in [5.74, 6) is -0.391. The van der Waals surface area contributed by atoms with Gasteiger partial charge in [-0.15, -0.1) is 0 Å². The first-order chi connectivity index (χ1) is 14.4. The molecule has 0 radical (unpaired) electrons. The molecule has 2 heterocycles. The van der Waals surface area contributed by atoms with Crippen molar-refractivity contribution in [1.29, 1.82) is 0 Å². The predicted octanol–water partition coefficient (Wildman–Crippen LogP) is 3.81. The van der Waals surface area contributed by atoms with E-state index in [0.29, 0.717) is 28.7 Å². The monoisotopic (exact) mass is 409 g/mol. The van der Waals surface area contributed by atoms with E-state index in [9.17, 15) is 13.6 Å². The van der Waals surface area contributed by atoms with Crippen LogP contribution in [0.3, 0.4) is 0 Å². The Hall–Kier alpha value is -4.01. The first kappa shape index (κ1) is 19.3. The van der Waals surface area contributed by atoms with Crippen molar-refractivity contribution < 1.29 is 18.3 Å². The van der Waals surface area contributed by atoms with Gasteiger partial charge in [0, 0.05) is 37.1 Å². The zero-order valence-electron chi connectivity index (χ0n) is 15.9. The number of halogens is 2. The molecule has 2 aromatic carbocycles. The molecule has 7 nitrogen and oxygen atoms in total. The van der Waals surface area contributed by atoms with Gasteiger partial charge in [0.15, 0.2) is 0 Å². The van der Waals surface area contributed by atoms with E-state index in [4.69, 9.17) is 10.5 Å². The number of nitrogens with zero attached hydrogens (tertiary/aromatic N) is 3. The van der Waals surface area contributed by atoms with Gasteiger partial charge in [-0.25, -0.2) is 13.8 Å². The summed E-state index contributed by atoms with van der Waals surface area (Å²) < 4.78 is 34.5. The number of nitrogens with two attached hydrogens (primary N) is 1. The third kappa shape index (κ3) is 4.19. The minimum atomic E-state index is -0.681. The molecule has 0 bridgehead atoms. The third-order valence-corrected chi connectivity index (χ3v) is 4.35. The highest BCUT2D eigenvalue weighted by molar-refractivity contribution is 5.81. The number of ether oxygens (including phenoxy) is 1. The fourth-order valence-corrected chi connectivity index (χ4v) is 3.04. The smallest absolute Gasteiger partial charge is 0.223 e. The van der Waals surface area contributed by atoms with Crippen LogP contribution in [0.15, 0.2) is 54.7 Å². The van der Waals surface area contributed by atoms with E-state index in [0.717, 1.165) is 11.6 Å². The summed E-state index contributed by atoms with van der Waals surface area (Å²) in [7, 11) is 1.78. The largest absolute Gasteiger partial charge is 0.457 e. The van der Waals surface area contributed by atoms with Crippen LogP contribution in [0.2, 0.25) is 0 Å². The lowest BCUT2D eigenvalue weighted by Gasteiger charge is -2.07. The van der Waals surface area contributed by atoms with Crippen molar-refractivity contribution in [3.63, 3.8) is 0 Å². The molecule has 30 heavy (non-hydrogen) atoms. The van der Waals surface area contributed by atoms with Gasteiger partial charge in [-0.1, -0.05) is 0 Å². The van der Waals surface area contributed by atoms with E-state index < -0.39 is 17.5 Å². The fraction of sp³-hybridized carbons (Fsp3) is 0.0952. The van der Waals surface area contributed by atoms with Gasteiger partial charge in [0.1, 0.15) is 23.1 Å². The molecular formula is C21H17F2N5O2. The number of imidazole rings is 1. The van der Waals surface area contributed by atoms with Crippen LogP contribution in [0.25, 0.3) is 11.0 Å². The molecular weight excluding hydrogens is 392 g/mol. The first-order valence-corrected chi connectivity index (χ1v) is 8.98. The number of hydrogen-bond acceptors (Lipinski definition) is 5. The molecule has 0 atom stereocenters. The number of rotatable bonds is 6. The Bertz CT molecular complexity index is 1240. The number of carbonyl (C=O) groups excluding carboxylic acids is 1. The Kier molecular flexibility index (Phi) is 5.01. The average molecular weight is 409 g/mol. The van der Waals surface area contributed by atoms with E-state index in [1.54, 1.807) is 35.9 Å². The average Bonchev–Trinajstić information content (AvgIpc) is 2.95. The molecule has 1 amide bonds. The molecule has 2 aromatic heterocycles. The lowest BCUT2D eigenvalue weighted by atomic mass is 10.2. The van der Waals surface area contributed by atoms with E-state index in [2.05, 4.69) is 15.3 Å². The van der Waals surface area contributed by atoms with Crippen molar-refractivity contribution in [2.24, 2.45) is 12.8 Å². The van der Waals surface area contributed by atoms with Gasteiger partial charge < -0.3 is 20.4 Å². The lowest BCUT2D eigenvalue weighted by Crippen LogP contribution is -2.14. The topological polar surface area (TPSA) is 95.1 Å². The van der Waals surface area contributed by atoms with Crippen molar-refractivity contribution in [2.45, 2.75) is 6.42 Å². The number of carbonyl (C=O) groups is 1. The molecule has 0 aliphatic carbocycles. The maximum atomic E-state index is 13.4. The summed E-state index contributed by atoms with van der Waals surface area (Å²) in [5, 5.41) is 2.92. The summed E-state index contributed by atoms with van der Waals surface area (Å²) >= 11 is 0. The van der Waals surface area contributed by atoms with Crippen molar-refractivity contribution in [1.82, 2.24) is 14.5 Å². The van der Waals surface area contributed by atoms with Gasteiger partial charge in [-0.2, -0.15) is 0 Å². The quantitative estimate of drug-likeness (QED) is 0.505. The van der Waals surface area contributed by atoms with Crippen LogP contribution in [0.5, 0.6) is 11.5 Å². The fourth-order valence-electron chi connectivity index (χ4n) is 3.04. The second-order valence-electron chi connectivity index (χ2n) is 6.66. The molecule has 152 valence electrons. The third-order valence-electron chi connectivity index (χ3n) is 4.35. The molecule has 0 saturated heterocycles. The normalized spacial score (nSPS) is 10.9. The number of benzene rings is 2. The second kappa shape index (κ2) is 7.78. The Labute approximate surface area is 170 Å². The van der Waals surface area contributed by atoms with Gasteiger partial charge >= 0.3 is 0 Å². The molecule has 3 N–H and O–H groups in total. The van der Waals surface area contributed by atoms with Crippen LogP contribution >= 0.6 is 0 Å². The summed E-state index contributed by atoms with van der Waals surface area (Å²) in [6.07, 6.45) is 1.55. The standard InChI is InChI=1S/C21H17F2N5O2/c1-28-19-3-2-16(30-17-4-5-25-14(9-17)10-20(24)29)11-18(19)27-21(28)26-15-7-12(22)6-13(23)8-15/h2-9,11H,10H2,1H3,(H2,24,29)(H,26,27). The number of pyridine rings is 1. The summed E-state index contributed by atoms with van der Waals surface area (Å²) in [4.78, 5) is 19.6. The number of nitrogens with one attached hydrogen (secondary N) is 1. The summed E-state index contributed by atoms with van der Waals surface area (Å²) in [5.41, 5.74) is 7.38. The molecule has 4 aromatic rings. The van der Waals surface area contributed by atoms with Crippen molar-refractivity contribution >= 4 is 28.6 Å². The number of aryl methyl sites for hydroxylation is 1. The highest BCUT2D eigenvalue weighted by atomic mass is 19.1. The number of aromatic nitrogens is 3. The van der Waals surface area contributed by atoms with Gasteiger partial charge in [0.05, 0.1) is 23.1 Å². The number of anilines is 2. The Balaban J connectivity index is 1.59. The molecule has 0 unspecified atom stereocenters. The maximum absolute atomic E-state index is 13.4. The Morgan fingerprint density at radius 2 is 1.83 bits per heavy atom. The van der Waals surface area contributed by atoms with E-state index in [1.807, 2.05) is 6.07 Å². The van der Waals surface area contributed by atoms with E-state index in [1.165, 1.54) is 18.3 Å². The van der Waals surface area contributed by atoms with Crippen molar-refractivity contribution in [3.05, 3.63) is 72.1 Å². The van der Waals surface area contributed by atoms with Gasteiger partial charge in [-0.3, -0.25) is 9.78 Å².